The summed E-state index contributed by atoms with van der Waals surface area (Å²) in [4.78, 5) is 0. The van der Waals surface area contributed by atoms with Crippen LogP contribution in [0.5, 0.6) is 5.75 Å². The highest BCUT2D eigenvalue weighted by atomic mass is 16.5. The fraction of sp³-hybridized carbons (Fsp3) is 0.652. The van der Waals surface area contributed by atoms with E-state index < -0.39 is 0 Å². The number of unbranched alkanes of at least 4 members (excludes halogenated alkanes) is 4. The van der Waals surface area contributed by atoms with Crippen molar-refractivity contribution in [3.05, 3.63) is 42.0 Å². The lowest BCUT2D eigenvalue weighted by Gasteiger charge is -2.27. The molecule has 0 spiro atoms. The molecule has 0 N–H and O–H groups in total. The molecular weight excluding hydrogens is 308 g/mol. The highest BCUT2D eigenvalue weighted by Gasteiger charge is 2.20. The Morgan fingerprint density at radius 3 is 2.36 bits per heavy atom. The summed E-state index contributed by atoms with van der Waals surface area (Å²) in [5, 5.41) is 0. The second-order valence-corrected chi connectivity index (χ2v) is 7.33. The van der Waals surface area contributed by atoms with E-state index in [1.807, 2.05) is 0 Å². The standard InChI is InChI=1S/C23H36O2/c1-3-4-5-6-7-19-25-23-16-14-22(15-17-23)21-12-10-20(11-13-21)9-8-18-24-2/h8-9,14-17,20-21H,3-7,10-13,18-19H2,1-2H3/b9-8+/t20-,21-. The van der Waals surface area contributed by atoms with Gasteiger partial charge in [0.05, 0.1) is 13.2 Å². The first kappa shape index (κ1) is 20.0. The summed E-state index contributed by atoms with van der Waals surface area (Å²) in [6.07, 6.45) is 16.1. The van der Waals surface area contributed by atoms with Crippen LogP contribution in [0.2, 0.25) is 0 Å². The quantitative estimate of drug-likeness (QED) is 0.336. The molecule has 0 atom stereocenters. The Hall–Kier alpha value is -1.28. The first-order chi connectivity index (χ1) is 12.3. The third kappa shape index (κ3) is 7.64. The van der Waals surface area contributed by atoms with Crippen LogP contribution in [0.3, 0.4) is 0 Å². The molecule has 0 amide bonds. The number of ether oxygens (including phenoxy) is 2. The van der Waals surface area contributed by atoms with Crippen LogP contribution in [0.4, 0.5) is 0 Å². The molecule has 0 heterocycles. The number of benzene rings is 1. The van der Waals surface area contributed by atoms with Crippen LogP contribution in [0.15, 0.2) is 36.4 Å². The SMILES string of the molecule is CCCCCCCOc1ccc([C@H]2CC[C@H](/C=C/COC)CC2)cc1. The van der Waals surface area contributed by atoms with Crippen LogP contribution >= 0.6 is 0 Å². The van der Waals surface area contributed by atoms with Gasteiger partial charge in [-0.05, 0) is 61.6 Å². The lowest BCUT2D eigenvalue weighted by atomic mass is 9.78. The normalized spacial score (nSPS) is 20.9. The second kappa shape index (κ2) is 12.1. The molecule has 2 nitrogen and oxygen atoms in total. The molecule has 1 aliphatic rings. The van der Waals surface area contributed by atoms with Gasteiger partial charge in [-0.25, -0.2) is 0 Å². The summed E-state index contributed by atoms with van der Waals surface area (Å²) >= 11 is 0. The van der Waals surface area contributed by atoms with Gasteiger partial charge in [-0.15, -0.1) is 0 Å². The van der Waals surface area contributed by atoms with E-state index in [2.05, 4.69) is 43.3 Å². The molecule has 25 heavy (non-hydrogen) atoms. The summed E-state index contributed by atoms with van der Waals surface area (Å²) < 4.78 is 11.0. The van der Waals surface area contributed by atoms with Crippen molar-refractivity contribution in [2.75, 3.05) is 20.3 Å². The third-order valence-electron chi connectivity index (χ3n) is 5.31. The lowest BCUT2D eigenvalue weighted by Crippen LogP contribution is -2.11. The monoisotopic (exact) mass is 344 g/mol. The number of hydrogen-bond acceptors (Lipinski definition) is 2. The van der Waals surface area contributed by atoms with Gasteiger partial charge in [0, 0.05) is 7.11 Å². The molecule has 2 rings (SSSR count). The van der Waals surface area contributed by atoms with Gasteiger partial charge in [0.2, 0.25) is 0 Å². The first-order valence-electron chi connectivity index (χ1n) is 10.2. The number of methoxy groups -OCH3 is 1. The highest BCUT2D eigenvalue weighted by molar-refractivity contribution is 5.29. The maximum atomic E-state index is 5.88. The van der Waals surface area contributed by atoms with Crippen molar-refractivity contribution in [2.45, 2.75) is 70.6 Å². The Kier molecular flexibility index (Phi) is 9.73. The van der Waals surface area contributed by atoms with Gasteiger partial charge in [-0.3, -0.25) is 0 Å². The predicted molar refractivity (Wildman–Crippen MR) is 106 cm³/mol. The molecule has 1 saturated carbocycles. The Bertz CT molecular complexity index is 469. The minimum absolute atomic E-state index is 0.718. The van der Waals surface area contributed by atoms with E-state index in [9.17, 15) is 0 Å². The van der Waals surface area contributed by atoms with Crippen LogP contribution in [0, 0.1) is 5.92 Å². The summed E-state index contributed by atoms with van der Waals surface area (Å²) in [5.41, 5.74) is 1.48. The Morgan fingerprint density at radius 2 is 1.68 bits per heavy atom. The van der Waals surface area contributed by atoms with Crippen LogP contribution in [-0.4, -0.2) is 20.3 Å². The fourth-order valence-electron chi connectivity index (χ4n) is 3.72. The van der Waals surface area contributed by atoms with Crippen LogP contribution in [0.25, 0.3) is 0 Å². The predicted octanol–water partition coefficient (Wildman–Crippen LogP) is 6.51. The topological polar surface area (TPSA) is 18.5 Å². The maximum absolute atomic E-state index is 5.88. The molecule has 1 aliphatic carbocycles. The van der Waals surface area contributed by atoms with Gasteiger partial charge in [-0.1, -0.05) is 56.9 Å². The van der Waals surface area contributed by atoms with Gasteiger partial charge < -0.3 is 9.47 Å². The van der Waals surface area contributed by atoms with Gasteiger partial charge in [-0.2, -0.15) is 0 Å². The van der Waals surface area contributed by atoms with E-state index in [-0.39, 0.29) is 0 Å². The van der Waals surface area contributed by atoms with Crippen molar-refractivity contribution in [2.24, 2.45) is 5.92 Å². The summed E-state index contributed by atoms with van der Waals surface area (Å²) in [6, 6.07) is 8.87. The summed E-state index contributed by atoms with van der Waals surface area (Å²) in [7, 11) is 1.75. The average molecular weight is 345 g/mol. The van der Waals surface area contributed by atoms with Gasteiger partial charge >= 0.3 is 0 Å². The fourth-order valence-corrected chi connectivity index (χ4v) is 3.72. The van der Waals surface area contributed by atoms with E-state index in [0.717, 1.165) is 30.8 Å². The van der Waals surface area contributed by atoms with Crippen molar-refractivity contribution >= 4 is 0 Å². The zero-order chi connectivity index (χ0) is 17.7. The molecule has 0 bridgehead atoms. The number of rotatable bonds is 11. The third-order valence-corrected chi connectivity index (χ3v) is 5.31. The number of allylic oxidation sites excluding steroid dienone is 1. The van der Waals surface area contributed by atoms with E-state index in [0.29, 0.717) is 0 Å². The Morgan fingerprint density at radius 1 is 0.960 bits per heavy atom. The highest BCUT2D eigenvalue weighted by Crippen LogP contribution is 2.36. The van der Waals surface area contributed by atoms with E-state index in [4.69, 9.17) is 9.47 Å². The average Bonchev–Trinajstić information content (AvgIpc) is 2.66. The Balaban J connectivity index is 1.68. The van der Waals surface area contributed by atoms with Gasteiger partial charge in [0.15, 0.2) is 0 Å². The second-order valence-electron chi connectivity index (χ2n) is 7.33. The zero-order valence-corrected chi connectivity index (χ0v) is 16.2. The molecule has 0 radical (unpaired) electrons. The van der Waals surface area contributed by atoms with Gasteiger partial charge in [0.25, 0.3) is 0 Å². The molecule has 1 aromatic carbocycles. The lowest BCUT2D eigenvalue weighted by molar-refractivity contribution is 0.233. The van der Waals surface area contributed by atoms with Crippen molar-refractivity contribution in [1.82, 2.24) is 0 Å². The maximum Gasteiger partial charge on any atom is 0.119 e. The Labute approximate surface area is 154 Å². The van der Waals surface area contributed by atoms with Crippen LogP contribution in [0.1, 0.15) is 76.2 Å². The molecule has 0 aromatic heterocycles. The van der Waals surface area contributed by atoms with Crippen molar-refractivity contribution < 1.29 is 9.47 Å². The first-order valence-corrected chi connectivity index (χ1v) is 10.2. The molecule has 0 saturated heterocycles. The largest absolute Gasteiger partial charge is 0.494 e. The van der Waals surface area contributed by atoms with Gasteiger partial charge in [0.1, 0.15) is 5.75 Å². The van der Waals surface area contributed by atoms with Crippen molar-refractivity contribution in [3.8, 4) is 5.75 Å². The van der Waals surface area contributed by atoms with E-state index in [1.165, 1.54) is 63.4 Å². The minimum atomic E-state index is 0.718. The molecule has 0 unspecified atom stereocenters. The molecular formula is C23H36O2. The van der Waals surface area contributed by atoms with E-state index >= 15 is 0 Å². The number of hydrogen-bond donors (Lipinski definition) is 0. The van der Waals surface area contributed by atoms with Crippen LogP contribution in [-0.2, 0) is 4.74 Å². The summed E-state index contributed by atoms with van der Waals surface area (Å²) in [6.45, 7) is 3.84. The van der Waals surface area contributed by atoms with Crippen molar-refractivity contribution in [3.63, 3.8) is 0 Å². The molecule has 140 valence electrons. The zero-order valence-electron chi connectivity index (χ0n) is 16.2. The molecule has 0 aliphatic heterocycles. The minimum Gasteiger partial charge on any atom is -0.494 e. The molecule has 1 fully saturated rings. The molecule has 2 heteroatoms. The van der Waals surface area contributed by atoms with Crippen LogP contribution < -0.4 is 4.74 Å². The smallest absolute Gasteiger partial charge is 0.119 e. The van der Waals surface area contributed by atoms with E-state index in [1.54, 1.807) is 7.11 Å². The molecule has 1 aromatic rings. The van der Waals surface area contributed by atoms with Crippen molar-refractivity contribution in [1.29, 1.82) is 0 Å². The summed E-state index contributed by atoms with van der Waals surface area (Å²) in [5.74, 6) is 2.48.